The highest BCUT2D eigenvalue weighted by Gasteiger charge is 2.16. The lowest BCUT2D eigenvalue weighted by molar-refractivity contribution is 0.579. The van der Waals surface area contributed by atoms with Gasteiger partial charge in [-0.3, -0.25) is 5.84 Å². The lowest BCUT2D eigenvalue weighted by Gasteiger charge is -2.16. The highest BCUT2D eigenvalue weighted by Crippen LogP contribution is 2.19. The largest absolute Gasteiger partial charge is 0.336 e. The number of imidazole rings is 1. The second-order valence-electron chi connectivity index (χ2n) is 3.91. The van der Waals surface area contributed by atoms with Crippen LogP contribution >= 0.6 is 0 Å². The molecular weight excluding hydrogens is 200 g/mol. The molecule has 16 heavy (non-hydrogen) atoms. The highest BCUT2D eigenvalue weighted by atomic mass is 15.3. The minimum atomic E-state index is -0.0695. The van der Waals surface area contributed by atoms with Gasteiger partial charge in [-0.1, -0.05) is 29.8 Å². The van der Waals surface area contributed by atoms with Gasteiger partial charge in [0.25, 0.3) is 0 Å². The molecule has 1 unspecified atom stereocenters. The van der Waals surface area contributed by atoms with E-state index in [1.165, 1.54) is 5.56 Å². The van der Waals surface area contributed by atoms with Gasteiger partial charge in [-0.05, 0) is 12.5 Å². The summed E-state index contributed by atoms with van der Waals surface area (Å²) in [6, 6.07) is 8.18. The third kappa shape index (κ3) is 1.98. The Labute approximate surface area is 95.1 Å². The van der Waals surface area contributed by atoms with Gasteiger partial charge in [-0.25, -0.2) is 10.4 Å². The number of aryl methyl sites for hydroxylation is 2. The van der Waals surface area contributed by atoms with E-state index in [-0.39, 0.29) is 6.04 Å². The lowest BCUT2D eigenvalue weighted by atomic mass is 10.0. The fraction of sp³-hybridized carbons (Fsp3) is 0.250. The Morgan fingerprint density at radius 2 is 2.25 bits per heavy atom. The Hall–Kier alpha value is -1.65. The van der Waals surface area contributed by atoms with Crippen LogP contribution in [0.5, 0.6) is 0 Å². The number of rotatable bonds is 3. The zero-order chi connectivity index (χ0) is 11.5. The monoisotopic (exact) mass is 216 g/mol. The first kappa shape index (κ1) is 10.9. The van der Waals surface area contributed by atoms with Gasteiger partial charge in [0.15, 0.2) is 0 Å². The number of benzene rings is 1. The lowest BCUT2D eigenvalue weighted by Crippen LogP contribution is -2.30. The molecule has 84 valence electrons. The first-order valence-electron chi connectivity index (χ1n) is 5.22. The maximum absolute atomic E-state index is 5.61. The van der Waals surface area contributed by atoms with Crippen LogP contribution < -0.4 is 11.3 Å². The fourth-order valence-electron chi connectivity index (χ4n) is 1.82. The van der Waals surface area contributed by atoms with Crippen molar-refractivity contribution in [2.75, 3.05) is 0 Å². The normalized spacial score (nSPS) is 12.7. The maximum atomic E-state index is 5.61. The predicted octanol–water partition coefficient (Wildman–Crippen LogP) is 1.28. The molecule has 3 N–H and O–H groups in total. The molecule has 0 aliphatic rings. The summed E-state index contributed by atoms with van der Waals surface area (Å²) in [5.41, 5.74) is 5.14. The van der Waals surface area contributed by atoms with Crippen LogP contribution in [0.25, 0.3) is 0 Å². The summed E-state index contributed by atoms with van der Waals surface area (Å²) in [5, 5.41) is 0. The van der Waals surface area contributed by atoms with Crippen molar-refractivity contribution < 1.29 is 0 Å². The van der Waals surface area contributed by atoms with Gasteiger partial charge in [0.05, 0.1) is 0 Å². The molecule has 0 fully saturated rings. The van der Waals surface area contributed by atoms with Crippen LogP contribution in [0.4, 0.5) is 0 Å². The molecule has 0 spiro atoms. The van der Waals surface area contributed by atoms with Gasteiger partial charge in [-0.15, -0.1) is 0 Å². The molecule has 4 nitrogen and oxygen atoms in total. The number of hydrazine groups is 1. The standard InChI is InChI=1S/C12H16N4/c1-9-4-3-5-10(8-9)11(15-13)12-14-6-7-16(12)2/h3-8,11,15H,13H2,1-2H3. The van der Waals surface area contributed by atoms with Gasteiger partial charge < -0.3 is 4.57 Å². The van der Waals surface area contributed by atoms with Crippen molar-refractivity contribution in [3.05, 3.63) is 53.6 Å². The summed E-state index contributed by atoms with van der Waals surface area (Å²) in [7, 11) is 1.96. The molecule has 0 amide bonds. The average Bonchev–Trinajstić information content (AvgIpc) is 2.67. The predicted molar refractivity (Wildman–Crippen MR) is 63.6 cm³/mol. The van der Waals surface area contributed by atoms with E-state index in [2.05, 4.69) is 29.5 Å². The molecule has 2 rings (SSSR count). The summed E-state index contributed by atoms with van der Waals surface area (Å²) < 4.78 is 1.97. The molecule has 0 saturated carbocycles. The molecule has 1 aromatic carbocycles. The Morgan fingerprint density at radius 1 is 1.44 bits per heavy atom. The van der Waals surface area contributed by atoms with Crippen molar-refractivity contribution in [3.8, 4) is 0 Å². The number of hydrogen-bond acceptors (Lipinski definition) is 3. The second-order valence-corrected chi connectivity index (χ2v) is 3.91. The Bertz CT molecular complexity index is 475. The summed E-state index contributed by atoms with van der Waals surface area (Å²) in [5.74, 6) is 6.52. The third-order valence-corrected chi connectivity index (χ3v) is 2.66. The van der Waals surface area contributed by atoms with E-state index in [1.807, 2.05) is 29.9 Å². The number of nitrogens with zero attached hydrogens (tertiary/aromatic N) is 2. The molecule has 0 radical (unpaired) electrons. The Balaban J connectivity index is 2.40. The second kappa shape index (κ2) is 4.47. The number of hydrogen-bond donors (Lipinski definition) is 2. The Kier molecular flexibility index (Phi) is 3.03. The molecule has 0 aliphatic carbocycles. The van der Waals surface area contributed by atoms with Gasteiger partial charge >= 0.3 is 0 Å². The van der Waals surface area contributed by atoms with E-state index in [9.17, 15) is 0 Å². The number of nitrogens with one attached hydrogen (secondary N) is 1. The average molecular weight is 216 g/mol. The van der Waals surface area contributed by atoms with Crippen molar-refractivity contribution in [1.82, 2.24) is 15.0 Å². The molecule has 1 aromatic heterocycles. The minimum absolute atomic E-state index is 0.0695. The summed E-state index contributed by atoms with van der Waals surface area (Å²) >= 11 is 0. The topological polar surface area (TPSA) is 55.9 Å². The smallest absolute Gasteiger partial charge is 0.131 e. The van der Waals surface area contributed by atoms with E-state index >= 15 is 0 Å². The van der Waals surface area contributed by atoms with E-state index in [4.69, 9.17) is 5.84 Å². The van der Waals surface area contributed by atoms with Crippen LogP contribution in [-0.4, -0.2) is 9.55 Å². The zero-order valence-corrected chi connectivity index (χ0v) is 9.51. The molecule has 0 aliphatic heterocycles. The molecule has 1 atom stereocenters. The molecule has 4 heteroatoms. The van der Waals surface area contributed by atoms with Gasteiger partial charge in [0.1, 0.15) is 11.9 Å². The first-order chi connectivity index (χ1) is 7.72. The van der Waals surface area contributed by atoms with Crippen LogP contribution in [0, 0.1) is 6.92 Å². The van der Waals surface area contributed by atoms with E-state index in [0.29, 0.717) is 0 Å². The number of aromatic nitrogens is 2. The van der Waals surface area contributed by atoms with Crippen LogP contribution in [0.3, 0.4) is 0 Å². The summed E-state index contributed by atoms with van der Waals surface area (Å²) in [4.78, 5) is 4.31. The van der Waals surface area contributed by atoms with Crippen molar-refractivity contribution in [2.45, 2.75) is 13.0 Å². The van der Waals surface area contributed by atoms with Gasteiger partial charge in [0, 0.05) is 19.4 Å². The Morgan fingerprint density at radius 3 is 2.81 bits per heavy atom. The third-order valence-electron chi connectivity index (χ3n) is 2.66. The van der Waals surface area contributed by atoms with Crippen molar-refractivity contribution in [2.24, 2.45) is 12.9 Å². The molecular formula is C12H16N4. The molecule has 2 aromatic rings. The maximum Gasteiger partial charge on any atom is 0.131 e. The SMILES string of the molecule is Cc1cccc(C(NN)c2nccn2C)c1. The summed E-state index contributed by atoms with van der Waals surface area (Å²) in [6.45, 7) is 2.06. The fourth-order valence-corrected chi connectivity index (χ4v) is 1.82. The zero-order valence-electron chi connectivity index (χ0n) is 9.51. The van der Waals surface area contributed by atoms with Crippen LogP contribution in [-0.2, 0) is 7.05 Å². The van der Waals surface area contributed by atoms with Crippen molar-refractivity contribution in [1.29, 1.82) is 0 Å². The van der Waals surface area contributed by atoms with Crippen LogP contribution in [0.15, 0.2) is 36.7 Å². The van der Waals surface area contributed by atoms with Crippen LogP contribution in [0.1, 0.15) is 23.0 Å². The van der Waals surface area contributed by atoms with Crippen molar-refractivity contribution >= 4 is 0 Å². The van der Waals surface area contributed by atoms with E-state index < -0.39 is 0 Å². The molecule has 0 bridgehead atoms. The summed E-state index contributed by atoms with van der Waals surface area (Å²) in [6.07, 6.45) is 3.69. The van der Waals surface area contributed by atoms with Gasteiger partial charge in [0.2, 0.25) is 0 Å². The highest BCUT2D eigenvalue weighted by molar-refractivity contribution is 5.29. The van der Waals surface area contributed by atoms with Crippen molar-refractivity contribution in [3.63, 3.8) is 0 Å². The molecule has 0 saturated heterocycles. The van der Waals surface area contributed by atoms with E-state index in [0.717, 1.165) is 11.4 Å². The quantitative estimate of drug-likeness (QED) is 0.600. The first-order valence-corrected chi connectivity index (χ1v) is 5.22. The molecule has 1 heterocycles. The van der Waals surface area contributed by atoms with Crippen LogP contribution in [0.2, 0.25) is 0 Å². The number of nitrogens with two attached hydrogens (primary N) is 1. The van der Waals surface area contributed by atoms with Gasteiger partial charge in [-0.2, -0.15) is 0 Å². The van der Waals surface area contributed by atoms with E-state index in [1.54, 1.807) is 6.20 Å². The minimum Gasteiger partial charge on any atom is -0.336 e.